The molecule has 110 valence electrons. The van der Waals surface area contributed by atoms with Gasteiger partial charge in [-0.05, 0) is 36.6 Å². The van der Waals surface area contributed by atoms with E-state index in [9.17, 15) is 9.90 Å². The molecule has 1 aromatic rings. The van der Waals surface area contributed by atoms with E-state index in [-0.39, 0.29) is 28.3 Å². The zero-order valence-corrected chi connectivity index (χ0v) is 12.4. The number of benzene rings is 1. The monoisotopic (exact) mass is 304 g/mol. The lowest BCUT2D eigenvalue weighted by Crippen LogP contribution is -2.36. The highest BCUT2D eigenvalue weighted by Gasteiger charge is 2.18. The van der Waals surface area contributed by atoms with Gasteiger partial charge in [-0.1, -0.05) is 36.9 Å². The van der Waals surface area contributed by atoms with Crippen LogP contribution < -0.4 is 5.32 Å². The van der Waals surface area contributed by atoms with Gasteiger partial charge in [0.25, 0.3) is 5.91 Å². The van der Waals surface area contributed by atoms with Crippen molar-refractivity contribution in [2.45, 2.75) is 38.1 Å². The lowest BCUT2D eigenvalue weighted by molar-refractivity contribution is -0.117. The number of halogens is 1. The molecule has 1 aliphatic carbocycles. The molecule has 2 N–H and O–H groups in total. The molecule has 1 aliphatic rings. The zero-order valence-electron chi connectivity index (χ0n) is 11.6. The Kier molecular flexibility index (Phi) is 5.24. The number of phenols is 1. The van der Waals surface area contributed by atoms with Crippen LogP contribution in [0.5, 0.6) is 5.75 Å². The van der Waals surface area contributed by atoms with Gasteiger partial charge >= 0.3 is 0 Å². The number of hydrogen-bond donors (Lipinski definition) is 2. The van der Waals surface area contributed by atoms with Gasteiger partial charge in [-0.3, -0.25) is 4.79 Å². The molecule has 21 heavy (non-hydrogen) atoms. The third-order valence-electron chi connectivity index (χ3n) is 3.59. The molecule has 0 radical (unpaired) electrons. The number of nitrogens with one attached hydrogen (secondary N) is 1. The van der Waals surface area contributed by atoms with Gasteiger partial charge in [-0.15, -0.1) is 0 Å². The largest absolute Gasteiger partial charge is 0.506 e. The summed E-state index contributed by atoms with van der Waals surface area (Å²) in [6.45, 7) is 0. The maximum absolute atomic E-state index is 12.1. The fourth-order valence-electron chi connectivity index (χ4n) is 2.44. The Morgan fingerprint density at radius 1 is 1.38 bits per heavy atom. The van der Waals surface area contributed by atoms with Gasteiger partial charge in [0.05, 0.1) is 5.02 Å². The number of hydrogen-bond acceptors (Lipinski definition) is 3. The number of carbonyl (C=O) groups is 1. The molecule has 5 heteroatoms. The average molecular weight is 305 g/mol. The highest BCUT2D eigenvalue weighted by molar-refractivity contribution is 6.32. The molecule has 0 heterocycles. The molecule has 4 nitrogen and oxygen atoms in total. The van der Waals surface area contributed by atoms with Crippen molar-refractivity contribution in [1.29, 1.82) is 5.26 Å². The van der Waals surface area contributed by atoms with Crippen molar-refractivity contribution in [3.05, 3.63) is 34.4 Å². The van der Waals surface area contributed by atoms with E-state index >= 15 is 0 Å². The van der Waals surface area contributed by atoms with Crippen molar-refractivity contribution in [1.82, 2.24) is 5.32 Å². The highest BCUT2D eigenvalue weighted by Crippen LogP contribution is 2.25. The number of carbonyl (C=O) groups excluding carboxylic acids is 1. The molecule has 1 aromatic carbocycles. The third-order valence-corrected chi connectivity index (χ3v) is 3.89. The van der Waals surface area contributed by atoms with E-state index in [1.54, 1.807) is 6.07 Å². The second-order valence-electron chi connectivity index (χ2n) is 5.19. The minimum atomic E-state index is -0.353. The molecule has 1 fully saturated rings. The molecule has 0 aliphatic heterocycles. The SMILES string of the molecule is N#CC(=Cc1ccc(O)c(Cl)c1)C(=O)NC1CCCCC1. The van der Waals surface area contributed by atoms with Crippen LogP contribution in [0.3, 0.4) is 0 Å². The van der Waals surface area contributed by atoms with Crippen LogP contribution in [0.4, 0.5) is 0 Å². The predicted molar refractivity (Wildman–Crippen MR) is 81.7 cm³/mol. The molecule has 1 amide bonds. The first-order chi connectivity index (χ1) is 10.1. The normalized spacial score (nSPS) is 16.3. The summed E-state index contributed by atoms with van der Waals surface area (Å²) in [7, 11) is 0. The van der Waals surface area contributed by atoms with E-state index < -0.39 is 0 Å². The van der Waals surface area contributed by atoms with Crippen molar-refractivity contribution in [3.8, 4) is 11.8 Å². The lowest BCUT2D eigenvalue weighted by Gasteiger charge is -2.22. The summed E-state index contributed by atoms with van der Waals surface area (Å²) < 4.78 is 0. The fraction of sp³-hybridized carbons (Fsp3) is 0.375. The maximum atomic E-state index is 12.1. The first kappa shape index (κ1) is 15.4. The van der Waals surface area contributed by atoms with E-state index in [1.807, 2.05) is 6.07 Å². The molecule has 1 saturated carbocycles. The third kappa shape index (κ3) is 4.24. The van der Waals surface area contributed by atoms with Gasteiger partial charge in [0.2, 0.25) is 0 Å². The van der Waals surface area contributed by atoms with E-state index in [2.05, 4.69) is 5.32 Å². The van der Waals surface area contributed by atoms with Gasteiger partial charge < -0.3 is 10.4 Å². The van der Waals surface area contributed by atoms with Crippen LogP contribution in [0.1, 0.15) is 37.7 Å². The van der Waals surface area contributed by atoms with Gasteiger partial charge in [0, 0.05) is 6.04 Å². The first-order valence-electron chi connectivity index (χ1n) is 7.01. The van der Waals surface area contributed by atoms with Crippen molar-refractivity contribution in [3.63, 3.8) is 0 Å². The van der Waals surface area contributed by atoms with Crippen LogP contribution in [0, 0.1) is 11.3 Å². The average Bonchev–Trinajstić information content (AvgIpc) is 2.49. The summed E-state index contributed by atoms with van der Waals surface area (Å²) in [4.78, 5) is 12.1. The summed E-state index contributed by atoms with van der Waals surface area (Å²) in [6, 6.07) is 6.63. The Balaban J connectivity index is 2.10. The number of aromatic hydroxyl groups is 1. The van der Waals surface area contributed by atoms with Gasteiger partial charge in [-0.25, -0.2) is 0 Å². The van der Waals surface area contributed by atoms with Crippen molar-refractivity contribution >= 4 is 23.6 Å². The summed E-state index contributed by atoms with van der Waals surface area (Å²) >= 11 is 5.81. The van der Waals surface area contributed by atoms with E-state index in [4.69, 9.17) is 16.9 Å². The molecule has 0 bridgehead atoms. The molecule has 0 aromatic heterocycles. The minimum absolute atomic E-state index is 0.0287. The number of nitrogens with zero attached hydrogens (tertiary/aromatic N) is 1. The topological polar surface area (TPSA) is 73.1 Å². The Hall–Kier alpha value is -1.99. The molecule has 0 saturated heterocycles. The van der Waals surface area contributed by atoms with Crippen molar-refractivity contribution in [2.75, 3.05) is 0 Å². The fourth-order valence-corrected chi connectivity index (χ4v) is 2.63. The first-order valence-corrected chi connectivity index (χ1v) is 7.39. The van der Waals surface area contributed by atoms with Crippen molar-refractivity contribution < 1.29 is 9.90 Å². The Morgan fingerprint density at radius 2 is 2.10 bits per heavy atom. The Morgan fingerprint density at radius 3 is 2.71 bits per heavy atom. The van der Waals surface area contributed by atoms with Crippen LogP contribution in [-0.2, 0) is 4.79 Å². The van der Waals surface area contributed by atoms with Gasteiger partial charge in [-0.2, -0.15) is 5.26 Å². The Bertz CT molecular complexity index is 599. The van der Waals surface area contributed by atoms with Crippen LogP contribution in [-0.4, -0.2) is 17.1 Å². The summed E-state index contributed by atoms with van der Waals surface area (Å²) in [5.41, 5.74) is 0.649. The summed E-state index contributed by atoms with van der Waals surface area (Å²) in [6.07, 6.45) is 6.85. The van der Waals surface area contributed by atoms with E-state index in [0.29, 0.717) is 5.56 Å². The quantitative estimate of drug-likeness (QED) is 0.664. The molecule has 0 atom stereocenters. The summed E-state index contributed by atoms with van der Waals surface area (Å²) in [5, 5.41) is 21.6. The predicted octanol–water partition coefficient (Wildman–Crippen LogP) is 3.40. The molecule has 0 spiro atoms. The van der Waals surface area contributed by atoms with Gasteiger partial charge in [0.1, 0.15) is 17.4 Å². The molecular weight excluding hydrogens is 288 g/mol. The Labute approximate surface area is 129 Å². The standard InChI is InChI=1S/C16H17ClN2O2/c17-14-9-11(6-7-15(14)20)8-12(10-18)16(21)19-13-4-2-1-3-5-13/h6-9,13,20H,1-5H2,(H,19,21). The molecule has 2 rings (SSSR count). The van der Waals surface area contributed by atoms with Crippen LogP contribution >= 0.6 is 11.6 Å². The van der Waals surface area contributed by atoms with Crippen LogP contribution in [0.15, 0.2) is 23.8 Å². The van der Waals surface area contributed by atoms with Crippen molar-refractivity contribution in [2.24, 2.45) is 0 Å². The second-order valence-corrected chi connectivity index (χ2v) is 5.60. The highest BCUT2D eigenvalue weighted by atomic mass is 35.5. The summed E-state index contributed by atoms with van der Waals surface area (Å²) in [5.74, 6) is -0.382. The zero-order chi connectivity index (χ0) is 15.2. The molecular formula is C16H17ClN2O2. The van der Waals surface area contributed by atoms with E-state index in [1.165, 1.54) is 24.6 Å². The minimum Gasteiger partial charge on any atom is -0.506 e. The number of amides is 1. The number of nitriles is 1. The number of phenolic OH excluding ortho intramolecular Hbond substituents is 1. The van der Waals surface area contributed by atoms with Crippen LogP contribution in [0.25, 0.3) is 6.08 Å². The lowest BCUT2D eigenvalue weighted by atomic mass is 9.95. The maximum Gasteiger partial charge on any atom is 0.262 e. The smallest absolute Gasteiger partial charge is 0.262 e. The number of rotatable bonds is 3. The van der Waals surface area contributed by atoms with E-state index in [0.717, 1.165) is 25.7 Å². The molecule has 0 unspecified atom stereocenters. The van der Waals surface area contributed by atoms with Crippen LogP contribution in [0.2, 0.25) is 5.02 Å². The van der Waals surface area contributed by atoms with Gasteiger partial charge in [0.15, 0.2) is 0 Å². The second kappa shape index (κ2) is 7.14.